The molecule has 1 N–H and O–H groups in total. The summed E-state index contributed by atoms with van der Waals surface area (Å²) in [5, 5.41) is 14.4. The van der Waals surface area contributed by atoms with Gasteiger partial charge in [0.1, 0.15) is 0 Å². The highest BCUT2D eigenvalue weighted by Gasteiger charge is 2.19. The molecule has 0 aromatic heterocycles. The highest BCUT2D eigenvalue weighted by Crippen LogP contribution is 2.27. The smallest absolute Gasteiger partial charge is 0.311 e. The first kappa shape index (κ1) is 14.7. The van der Waals surface area contributed by atoms with Gasteiger partial charge in [0.2, 0.25) is 0 Å². The van der Waals surface area contributed by atoms with Crippen molar-refractivity contribution in [2.24, 2.45) is 0 Å². The molecule has 6 heteroatoms. The first-order valence-corrected chi connectivity index (χ1v) is 6.76. The van der Waals surface area contributed by atoms with Crippen LogP contribution in [-0.4, -0.2) is 30.8 Å². The standard InChI is InChI=1S/C14H20N2O4/c1-10-7-12(5-6-20-10)15-9-11-3-4-14(19-2)13(8-11)16(17)18/h3-4,8,10,12,15H,5-7,9H2,1-2H3. The molecule has 1 aromatic rings. The van der Waals surface area contributed by atoms with Crippen molar-refractivity contribution in [3.8, 4) is 5.75 Å². The molecule has 2 atom stereocenters. The molecule has 1 heterocycles. The van der Waals surface area contributed by atoms with Gasteiger partial charge in [-0.05, 0) is 31.4 Å². The lowest BCUT2D eigenvalue weighted by molar-refractivity contribution is -0.385. The predicted octanol–water partition coefficient (Wildman–Crippen LogP) is 2.26. The topological polar surface area (TPSA) is 73.6 Å². The zero-order valence-corrected chi connectivity index (χ0v) is 11.8. The van der Waals surface area contributed by atoms with Crippen molar-refractivity contribution in [2.75, 3.05) is 13.7 Å². The lowest BCUT2D eigenvalue weighted by Crippen LogP contribution is -2.37. The van der Waals surface area contributed by atoms with Gasteiger partial charge < -0.3 is 14.8 Å². The number of nitrogens with one attached hydrogen (secondary N) is 1. The van der Waals surface area contributed by atoms with Crippen molar-refractivity contribution in [1.29, 1.82) is 0 Å². The highest BCUT2D eigenvalue weighted by molar-refractivity contribution is 5.48. The Hall–Kier alpha value is -1.66. The van der Waals surface area contributed by atoms with E-state index < -0.39 is 4.92 Å². The zero-order valence-electron chi connectivity index (χ0n) is 11.8. The van der Waals surface area contributed by atoms with Gasteiger partial charge in [0.05, 0.1) is 18.1 Å². The third-order valence-electron chi connectivity index (χ3n) is 3.52. The van der Waals surface area contributed by atoms with Gasteiger partial charge in [-0.25, -0.2) is 0 Å². The molecule has 1 aromatic carbocycles. The van der Waals surface area contributed by atoms with Crippen molar-refractivity contribution in [2.45, 2.75) is 38.5 Å². The van der Waals surface area contributed by atoms with Gasteiger partial charge in [-0.2, -0.15) is 0 Å². The van der Waals surface area contributed by atoms with Gasteiger partial charge in [-0.3, -0.25) is 10.1 Å². The molecule has 6 nitrogen and oxygen atoms in total. The molecule has 0 amide bonds. The summed E-state index contributed by atoms with van der Waals surface area (Å²) in [6, 6.07) is 5.46. The predicted molar refractivity (Wildman–Crippen MR) is 74.9 cm³/mol. The van der Waals surface area contributed by atoms with Crippen LogP contribution in [-0.2, 0) is 11.3 Å². The number of hydrogen-bond donors (Lipinski definition) is 1. The van der Waals surface area contributed by atoms with Crippen LogP contribution in [0, 0.1) is 10.1 Å². The fourth-order valence-electron chi connectivity index (χ4n) is 2.43. The molecule has 0 saturated carbocycles. The maximum absolute atomic E-state index is 11.0. The molecule has 2 rings (SSSR count). The zero-order chi connectivity index (χ0) is 14.5. The average molecular weight is 280 g/mol. The van der Waals surface area contributed by atoms with Gasteiger partial charge >= 0.3 is 5.69 Å². The van der Waals surface area contributed by atoms with Crippen molar-refractivity contribution in [3.05, 3.63) is 33.9 Å². The van der Waals surface area contributed by atoms with Crippen LogP contribution in [0.2, 0.25) is 0 Å². The minimum atomic E-state index is -0.418. The van der Waals surface area contributed by atoms with Crippen molar-refractivity contribution in [3.63, 3.8) is 0 Å². The fraction of sp³-hybridized carbons (Fsp3) is 0.571. The van der Waals surface area contributed by atoms with Crippen LogP contribution in [0.1, 0.15) is 25.3 Å². The maximum atomic E-state index is 11.0. The second-order valence-corrected chi connectivity index (χ2v) is 5.05. The van der Waals surface area contributed by atoms with Crippen LogP contribution in [0.15, 0.2) is 18.2 Å². The summed E-state index contributed by atoms with van der Waals surface area (Å²) < 4.78 is 10.5. The highest BCUT2D eigenvalue weighted by atomic mass is 16.6. The van der Waals surface area contributed by atoms with Crippen LogP contribution >= 0.6 is 0 Å². The summed E-state index contributed by atoms with van der Waals surface area (Å²) in [4.78, 5) is 10.6. The largest absolute Gasteiger partial charge is 0.490 e. The van der Waals surface area contributed by atoms with Gasteiger partial charge in [0, 0.05) is 25.3 Å². The number of nitrogens with zero attached hydrogens (tertiary/aromatic N) is 1. The van der Waals surface area contributed by atoms with Crippen LogP contribution in [0.25, 0.3) is 0 Å². The Morgan fingerprint density at radius 2 is 2.35 bits per heavy atom. The van der Waals surface area contributed by atoms with Crippen LogP contribution in [0.3, 0.4) is 0 Å². The Bertz CT molecular complexity index is 478. The summed E-state index contributed by atoms with van der Waals surface area (Å²) in [7, 11) is 1.43. The molecule has 1 aliphatic heterocycles. The Labute approximate surface area is 118 Å². The van der Waals surface area contributed by atoms with Crippen LogP contribution < -0.4 is 10.1 Å². The minimum Gasteiger partial charge on any atom is -0.490 e. The first-order valence-electron chi connectivity index (χ1n) is 6.76. The van der Waals surface area contributed by atoms with Crippen molar-refractivity contribution < 1.29 is 14.4 Å². The second kappa shape index (κ2) is 6.67. The van der Waals surface area contributed by atoms with Gasteiger partial charge in [-0.1, -0.05) is 6.07 Å². The third-order valence-corrected chi connectivity index (χ3v) is 3.52. The molecule has 0 aliphatic carbocycles. The first-order chi connectivity index (χ1) is 9.60. The van der Waals surface area contributed by atoms with E-state index in [1.165, 1.54) is 7.11 Å². The van der Waals surface area contributed by atoms with Crippen molar-refractivity contribution in [1.82, 2.24) is 5.32 Å². The Morgan fingerprint density at radius 3 is 3.00 bits per heavy atom. The molecule has 0 bridgehead atoms. The quantitative estimate of drug-likeness (QED) is 0.661. The molecule has 2 unspecified atom stereocenters. The molecule has 0 spiro atoms. The molecule has 1 fully saturated rings. The van der Waals surface area contributed by atoms with Crippen LogP contribution in [0.5, 0.6) is 5.75 Å². The number of nitro groups is 1. The Balaban J connectivity index is 1.99. The van der Waals surface area contributed by atoms with E-state index in [0.717, 1.165) is 25.0 Å². The van der Waals surface area contributed by atoms with E-state index in [0.29, 0.717) is 18.3 Å². The minimum absolute atomic E-state index is 0.00662. The van der Waals surface area contributed by atoms with E-state index >= 15 is 0 Å². The molecule has 1 aliphatic rings. The number of benzene rings is 1. The Kier molecular flexibility index (Phi) is 4.92. The molecular formula is C14H20N2O4. The lowest BCUT2D eigenvalue weighted by atomic mass is 10.0. The second-order valence-electron chi connectivity index (χ2n) is 5.05. The summed E-state index contributed by atoms with van der Waals surface area (Å²) in [5.41, 5.74) is 0.892. The summed E-state index contributed by atoms with van der Waals surface area (Å²) >= 11 is 0. The molecule has 110 valence electrons. The van der Waals surface area contributed by atoms with E-state index in [4.69, 9.17) is 9.47 Å². The number of hydrogen-bond acceptors (Lipinski definition) is 5. The van der Waals surface area contributed by atoms with Crippen LogP contribution in [0.4, 0.5) is 5.69 Å². The maximum Gasteiger partial charge on any atom is 0.311 e. The number of rotatable bonds is 5. The van der Waals surface area contributed by atoms with E-state index in [-0.39, 0.29) is 11.8 Å². The van der Waals surface area contributed by atoms with E-state index in [1.54, 1.807) is 12.1 Å². The number of ether oxygens (including phenoxy) is 2. The third kappa shape index (κ3) is 3.68. The van der Waals surface area contributed by atoms with Gasteiger partial charge in [-0.15, -0.1) is 0 Å². The van der Waals surface area contributed by atoms with Gasteiger partial charge in [0.25, 0.3) is 0 Å². The van der Waals surface area contributed by atoms with Gasteiger partial charge in [0.15, 0.2) is 5.75 Å². The summed E-state index contributed by atoms with van der Waals surface area (Å²) in [6.45, 7) is 3.44. The monoisotopic (exact) mass is 280 g/mol. The molecule has 0 radical (unpaired) electrons. The molecule has 20 heavy (non-hydrogen) atoms. The normalized spacial score (nSPS) is 22.5. The molecule has 1 saturated heterocycles. The summed E-state index contributed by atoms with van der Waals surface area (Å²) in [5.74, 6) is 0.290. The number of nitro benzene ring substituents is 1. The average Bonchev–Trinajstić information content (AvgIpc) is 2.45. The summed E-state index contributed by atoms with van der Waals surface area (Å²) in [6.07, 6.45) is 2.22. The van der Waals surface area contributed by atoms with E-state index in [2.05, 4.69) is 12.2 Å². The van der Waals surface area contributed by atoms with Crippen molar-refractivity contribution >= 4 is 5.69 Å². The van der Waals surface area contributed by atoms with E-state index in [1.807, 2.05) is 6.07 Å². The van der Waals surface area contributed by atoms with E-state index in [9.17, 15) is 10.1 Å². The fourth-order valence-corrected chi connectivity index (χ4v) is 2.43. The Morgan fingerprint density at radius 1 is 1.55 bits per heavy atom. The number of methoxy groups -OCH3 is 1. The molecular weight excluding hydrogens is 260 g/mol. The SMILES string of the molecule is COc1ccc(CNC2CCOC(C)C2)cc1[N+](=O)[O-]. The lowest BCUT2D eigenvalue weighted by Gasteiger charge is -2.28.